The molecule has 2 aromatic rings. The molecule has 1 N–H and O–H groups in total. The lowest BCUT2D eigenvalue weighted by Gasteiger charge is -2.18. The Balaban J connectivity index is 2.24. The second-order valence-corrected chi connectivity index (χ2v) is 5.48. The molecule has 0 aromatic heterocycles. The lowest BCUT2D eigenvalue weighted by molar-refractivity contribution is 0.409. The van der Waals surface area contributed by atoms with Crippen molar-refractivity contribution in [2.45, 2.75) is 12.5 Å². The first-order valence-corrected chi connectivity index (χ1v) is 7.18. The van der Waals surface area contributed by atoms with Crippen LogP contribution in [0.1, 0.15) is 17.2 Å². The molecule has 0 heterocycles. The maximum atomic E-state index is 14.1. The summed E-state index contributed by atoms with van der Waals surface area (Å²) in [5.74, 6) is 0.280. The summed E-state index contributed by atoms with van der Waals surface area (Å²) in [6.07, 6.45) is 0.721. The van der Waals surface area contributed by atoms with Gasteiger partial charge in [-0.25, -0.2) is 4.39 Å². The lowest BCUT2D eigenvalue weighted by atomic mass is 9.98. The van der Waals surface area contributed by atoms with E-state index in [1.165, 1.54) is 13.2 Å². The van der Waals surface area contributed by atoms with E-state index in [4.69, 9.17) is 4.74 Å². The predicted octanol–water partition coefficient (Wildman–Crippen LogP) is 4.10. The van der Waals surface area contributed by atoms with E-state index in [-0.39, 0.29) is 11.9 Å². The molecular formula is C16H17BrFNO. The van der Waals surface area contributed by atoms with Gasteiger partial charge < -0.3 is 10.1 Å². The molecule has 0 aliphatic heterocycles. The van der Waals surface area contributed by atoms with Crippen LogP contribution in [-0.2, 0) is 6.42 Å². The maximum absolute atomic E-state index is 14.1. The first-order chi connectivity index (χ1) is 9.63. The Kier molecular flexibility index (Phi) is 5.15. The fraction of sp³-hybridized carbons (Fsp3) is 0.250. The van der Waals surface area contributed by atoms with Crippen molar-refractivity contribution in [1.82, 2.24) is 5.32 Å². The molecule has 0 fully saturated rings. The zero-order chi connectivity index (χ0) is 14.5. The number of hydrogen-bond acceptors (Lipinski definition) is 2. The molecule has 2 rings (SSSR count). The van der Waals surface area contributed by atoms with Crippen LogP contribution >= 0.6 is 15.9 Å². The molecule has 0 spiro atoms. The number of methoxy groups -OCH3 is 1. The van der Waals surface area contributed by atoms with E-state index in [1.54, 1.807) is 12.1 Å². The van der Waals surface area contributed by atoms with Crippen molar-refractivity contribution in [2.24, 2.45) is 0 Å². The Morgan fingerprint density at radius 3 is 2.65 bits per heavy atom. The predicted molar refractivity (Wildman–Crippen MR) is 82.6 cm³/mol. The summed E-state index contributed by atoms with van der Waals surface area (Å²) in [4.78, 5) is 0. The molecule has 1 atom stereocenters. The van der Waals surface area contributed by atoms with Gasteiger partial charge in [-0.2, -0.15) is 0 Å². The number of halogens is 2. The lowest BCUT2D eigenvalue weighted by Crippen LogP contribution is -2.20. The first-order valence-electron chi connectivity index (χ1n) is 6.39. The molecule has 0 aliphatic rings. The third-order valence-corrected chi connectivity index (χ3v) is 3.75. The molecule has 0 saturated carbocycles. The maximum Gasteiger partial charge on any atom is 0.131 e. The third-order valence-electron chi connectivity index (χ3n) is 3.26. The first kappa shape index (κ1) is 15.0. The smallest absolute Gasteiger partial charge is 0.131 e. The van der Waals surface area contributed by atoms with Crippen LogP contribution in [-0.4, -0.2) is 14.2 Å². The van der Waals surface area contributed by atoms with E-state index in [0.717, 1.165) is 16.5 Å². The van der Waals surface area contributed by atoms with E-state index in [9.17, 15) is 4.39 Å². The van der Waals surface area contributed by atoms with Crippen molar-refractivity contribution in [3.05, 3.63) is 63.9 Å². The summed E-state index contributed by atoms with van der Waals surface area (Å²) < 4.78 is 20.2. The van der Waals surface area contributed by atoms with E-state index < -0.39 is 0 Å². The number of ether oxygens (including phenoxy) is 1. The second kappa shape index (κ2) is 6.86. The average Bonchev–Trinajstić information content (AvgIpc) is 2.45. The van der Waals surface area contributed by atoms with Gasteiger partial charge in [-0.3, -0.25) is 0 Å². The molecule has 106 valence electrons. The molecule has 20 heavy (non-hydrogen) atoms. The van der Waals surface area contributed by atoms with Gasteiger partial charge in [-0.05, 0) is 37.2 Å². The van der Waals surface area contributed by atoms with Gasteiger partial charge in [-0.15, -0.1) is 0 Å². The molecule has 0 radical (unpaired) electrons. The zero-order valence-electron chi connectivity index (χ0n) is 11.5. The minimum atomic E-state index is -0.251. The summed E-state index contributed by atoms with van der Waals surface area (Å²) >= 11 is 3.45. The Morgan fingerprint density at radius 1 is 1.25 bits per heavy atom. The van der Waals surface area contributed by atoms with Gasteiger partial charge in [0.1, 0.15) is 11.6 Å². The van der Waals surface area contributed by atoms with Crippen LogP contribution in [0.2, 0.25) is 0 Å². The van der Waals surface area contributed by atoms with Crippen LogP contribution in [0.5, 0.6) is 5.75 Å². The molecular weight excluding hydrogens is 321 g/mol. The van der Waals surface area contributed by atoms with Crippen molar-refractivity contribution < 1.29 is 9.13 Å². The quantitative estimate of drug-likeness (QED) is 0.886. The largest absolute Gasteiger partial charge is 0.497 e. The highest BCUT2D eigenvalue weighted by molar-refractivity contribution is 9.10. The second-order valence-electron chi connectivity index (χ2n) is 4.56. The van der Waals surface area contributed by atoms with Crippen molar-refractivity contribution in [1.29, 1.82) is 0 Å². The van der Waals surface area contributed by atoms with E-state index in [1.807, 2.05) is 31.3 Å². The van der Waals surface area contributed by atoms with Gasteiger partial charge in [0.2, 0.25) is 0 Å². The molecule has 2 nitrogen and oxygen atoms in total. The molecule has 0 aliphatic carbocycles. The van der Waals surface area contributed by atoms with E-state index >= 15 is 0 Å². The third kappa shape index (κ3) is 3.58. The van der Waals surface area contributed by atoms with Crippen molar-refractivity contribution in [3.8, 4) is 5.75 Å². The van der Waals surface area contributed by atoms with Gasteiger partial charge in [0.05, 0.1) is 7.11 Å². The van der Waals surface area contributed by atoms with Crippen molar-refractivity contribution >= 4 is 15.9 Å². The highest BCUT2D eigenvalue weighted by Crippen LogP contribution is 2.25. The van der Waals surface area contributed by atoms with Gasteiger partial charge >= 0.3 is 0 Å². The van der Waals surface area contributed by atoms with Crippen LogP contribution in [0, 0.1) is 5.82 Å². The monoisotopic (exact) mass is 337 g/mol. The molecule has 0 saturated heterocycles. The van der Waals surface area contributed by atoms with Crippen molar-refractivity contribution in [2.75, 3.05) is 14.2 Å². The standard InChI is InChI=1S/C16H17BrFNO/c1-19-16(9-11-4-3-5-12(17)8-11)14-7-6-13(20-2)10-15(14)18/h3-8,10,16,19H,9H2,1-2H3. The van der Waals surface area contributed by atoms with E-state index in [0.29, 0.717) is 11.3 Å². The minimum Gasteiger partial charge on any atom is -0.497 e. The van der Waals surface area contributed by atoms with Crippen LogP contribution in [0.15, 0.2) is 46.9 Å². The average molecular weight is 338 g/mol. The van der Waals surface area contributed by atoms with Gasteiger partial charge in [0.25, 0.3) is 0 Å². The van der Waals surface area contributed by atoms with Gasteiger partial charge in [0, 0.05) is 22.1 Å². The fourth-order valence-corrected chi connectivity index (χ4v) is 2.63. The Hall–Kier alpha value is -1.39. The summed E-state index contributed by atoms with van der Waals surface area (Å²) in [5, 5.41) is 3.17. The summed E-state index contributed by atoms with van der Waals surface area (Å²) in [6.45, 7) is 0. The Morgan fingerprint density at radius 2 is 2.05 bits per heavy atom. The number of benzene rings is 2. The van der Waals surface area contributed by atoms with Crippen molar-refractivity contribution in [3.63, 3.8) is 0 Å². The minimum absolute atomic E-state index is 0.0739. The number of hydrogen-bond donors (Lipinski definition) is 1. The molecule has 1 unspecified atom stereocenters. The SMILES string of the molecule is CNC(Cc1cccc(Br)c1)c1ccc(OC)cc1F. The fourth-order valence-electron chi connectivity index (χ4n) is 2.18. The highest BCUT2D eigenvalue weighted by atomic mass is 79.9. The number of nitrogens with one attached hydrogen (secondary N) is 1. The zero-order valence-corrected chi connectivity index (χ0v) is 13.1. The van der Waals surface area contributed by atoms with E-state index in [2.05, 4.69) is 21.2 Å². The Labute approximate surface area is 127 Å². The molecule has 4 heteroatoms. The summed E-state index contributed by atoms with van der Waals surface area (Å²) in [6, 6.07) is 12.9. The highest BCUT2D eigenvalue weighted by Gasteiger charge is 2.15. The van der Waals surface area contributed by atoms with Gasteiger partial charge in [0.15, 0.2) is 0 Å². The number of likely N-dealkylation sites (N-methyl/N-ethyl adjacent to an activating group) is 1. The summed E-state index contributed by atoms with van der Waals surface area (Å²) in [5.41, 5.74) is 1.79. The Bertz CT molecular complexity index is 588. The van der Waals surface area contributed by atoms with Gasteiger partial charge in [-0.1, -0.05) is 34.1 Å². The van der Waals surface area contributed by atoms with Crippen LogP contribution < -0.4 is 10.1 Å². The molecule has 2 aromatic carbocycles. The molecule has 0 bridgehead atoms. The van der Waals surface area contributed by atoms with Crippen LogP contribution in [0.4, 0.5) is 4.39 Å². The van der Waals surface area contributed by atoms with Crippen LogP contribution in [0.25, 0.3) is 0 Å². The topological polar surface area (TPSA) is 21.3 Å². The number of rotatable bonds is 5. The van der Waals surface area contributed by atoms with Crippen LogP contribution in [0.3, 0.4) is 0 Å². The summed E-state index contributed by atoms with van der Waals surface area (Å²) in [7, 11) is 3.37. The molecule has 0 amide bonds. The normalized spacial score (nSPS) is 12.2.